The predicted molar refractivity (Wildman–Crippen MR) is 131 cm³/mol. The van der Waals surface area contributed by atoms with E-state index in [1.165, 1.54) is 4.90 Å². The Labute approximate surface area is 200 Å². The number of nitrogens with one attached hydrogen (secondary N) is 1. The maximum atomic E-state index is 13.2. The Bertz CT molecular complexity index is 1170. The van der Waals surface area contributed by atoms with Gasteiger partial charge in [0.25, 0.3) is 0 Å². The van der Waals surface area contributed by atoms with Gasteiger partial charge in [-0.2, -0.15) is 4.31 Å². The molecule has 0 radical (unpaired) electrons. The Balaban J connectivity index is 1.55. The minimum atomic E-state index is -3.59. The van der Waals surface area contributed by atoms with Crippen LogP contribution in [0.25, 0.3) is 0 Å². The van der Waals surface area contributed by atoms with Gasteiger partial charge in [-0.25, -0.2) is 8.42 Å². The molecule has 0 atom stereocenters. The summed E-state index contributed by atoms with van der Waals surface area (Å²) in [6, 6.07) is 11.9. The van der Waals surface area contributed by atoms with E-state index < -0.39 is 10.0 Å². The average molecular weight is 486 g/mol. The predicted octanol–water partition coefficient (Wildman–Crippen LogP) is 3.42. The molecule has 0 unspecified atom stereocenters. The Morgan fingerprint density at radius 2 is 1.88 bits per heavy atom. The highest BCUT2D eigenvalue weighted by molar-refractivity contribution is 7.89. The number of anilines is 2. The minimum absolute atomic E-state index is 0.153. The van der Waals surface area contributed by atoms with Gasteiger partial charge in [0.05, 0.1) is 12.0 Å². The molecule has 34 heavy (non-hydrogen) atoms. The first-order chi connectivity index (χ1) is 16.3. The second-order valence-corrected chi connectivity index (χ2v) is 10.9. The molecule has 1 N–H and O–H groups in total. The molecule has 8 nitrogen and oxygen atoms in total. The molecule has 4 rings (SSSR count). The SMILES string of the molecule is COc1cccc(NC(=O)CN2C(=O)CCCc3cc(S(=O)(=O)N4CCC(C)CC4)ccc32)c1. The molecule has 9 heteroatoms. The van der Waals surface area contributed by atoms with Crippen LogP contribution in [-0.4, -0.2) is 51.3 Å². The molecule has 2 aromatic carbocycles. The van der Waals surface area contributed by atoms with E-state index in [9.17, 15) is 18.0 Å². The van der Waals surface area contributed by atoms with E-state index in [4.69, 9.17) is 4.74 Å². The Hall–Kier alpha value is -2.91. The quantitative estimate of drug-likeness (QED) is 0.676. The first-order valence-corrected chi connectivity index (χ1v) is 13.1. The van der Waals surface area contributed by atoms with Gasteiger partial charge in [-0.05, 0) is 67.5 Å². The van der Waals surface area contributed by atoms with Crippen molar-refractivity contribution in [1.29, 1.82) is 0 Å². The van der Waals surface area contributed by atoms with E-state index in [1.807, 2.05) is 0 Å². The van der Waals surface area contributed by atoms with Crippen molar-refractivity contribution in [1.82, 2.24) is 4.31 Å². The molecule has 0 spiro atoms. The third-order valence-corrected chi connectivity index (χ3v) is 8.41. The molecular weight excluding hydrogens is 454 g/mol. The van der Waals surface area contributed by atoms with Crippen LogP contribution in [-0.2, 0) is 26.0 Å². The summed E-state index contributed by atoms with van der Waals surface area (Å²) in [6.07, 6.45) is 3.19. The summed E-state index contributed by atoms with van der Waals surface area (Å²) in [5.74, 6) is 0.654. The van der Waals surface area contributed by atoms with Crippen molar-refractivity contribution < 1.29 is 22.7 Å². The molecular formula is C25H31N3O5S. The standard InChI is InChI=1S/C25H31N3O5S/c1-18-11-13-27(14-12-18)34(31,32)22-9-10-23-19(15-22)5-3-8-25(30)28(23)17-24(29)26-20-6-4-7-21(16-20)33-2/h4,6-7,9-10,15-16,18H,3,5,8,11-14,17H2,1-2H3,(H,26,29). The molecule has 0 aromatic heterocycles. The van der Waals surface area contributed by atoms with E-state index in [0.717, 1.165) is 18.4 Å². The number of carbonyl (C=O) groups is 2. The van der Waals surface area contributed by atoms with Crippen molar-refractivity contribution in [2.24, 2.45) is 5.92 Å². The van der Waals surface area contributed by atoms with Crippen LogP contribution in [0.2, 0.25) is 0 Å². The Kier molecular flexibility index (Phi) is 7.23. The molecule has 2 aliphatic heterocycles. The molecule has 2 aliphatic rings. The lowest BCUT2D eigenvalue weighted by atomic mass is 10.0. The molecule has 2 aromatic rings. The van der Waals surface area contributed by atoms with Gasteiger partial charge in [0.1, 0.15) is 12.3 Å². The number of hydrogen-bond donors (Lipinski definition) is 1. The zero-order valence-electron chi connectivity index (χ0n) is 19.6. The van der Waals surface area contributed by atoms with Crippen molar-refractivity contribution in [2.75, 3.05) is 37.0 Å². The number of sulfonamides is 1. The summed E-state index contributed by atoms with van der Waals surface area (Å²) < 4.78 is 33.2. The minimum Gasteiger partial charge on any atom is -0.497 e. The van der Waals surface area contributed by atoms with Gasteiger partial charge >= 0.3 is 0 Å². The number of aryl methyl sites for hydroxylation is 1. The maximum absolute atomic E-state index is 13.2. The largest absolute Gasteiger partial charge is 0.497 e. The number of carbonyl (C=O) groups excluding carboxylic acids is 2. The molecule has 182 valence electrons. The first-order valence-electron chi connectivity index (χ1n) is 11.7. The van der Waals surface area contributed by atoms with Gasteiger partial charge in [-0.3, -0.25) is 9.59 Å². The van der Waals surface area contributed by atoms with E-state index >= 15 is 0 Å². The highest BCUT2D eigenvalue weighted by Gasteiger charge is 2.30. The van der Waals surface area contributed by atoms with Gasteiger partial charge in [0.2, 0.25) is 21.8 Å². The highest BCUT2D eigenvalue weighted by atomic mass is 32.2. The Morgan fingerprint density at radius 3 is 2.62 bits per heavy atom. The monoisotopic (exact) mass is 485 g/mol. The number of ether oxygens (including phenoxy) is 1. The fourth-order valence-electron chi connectivity index (χ4n) is 4.48. The summed E-state index contributed by atoms with van der Waals surface area (Å²) in [5, 5.41) is 2.80. The molecule has 1 fully saturated rings. The van der Waals surface area contributed by atoms with Crippen LogP contribution >= 0.6 is 0 Å². The van der Waals surface area contributed by atoms with Crippen LogP contribution < -0.4 is 15.0 Å². The lowest BCUT2D eigenvalue weighted by Gasteiger charge is -2.30. The van der Waals surface area contributed by atoms with Crippen molar-refractivity contribution in [3.8, 4) is 5.75 Å². The van der Waals surface area contributed by atoms with E-state index in [1.54, 1.807) is 53.9 Å². The lowest BCUT2D eigenvalue weighted by molar-refractivity contribution is -0.121. The number of rotatable bonds is 6. The third kappa shape index (κ3) is 5.26. The highest BCUT2D eigenvalue weighted by Crippen LogP contribution is 2.31. The molecule has 2 heterocycles. The normalized spacial score (nSPS) is 17.7. The summed E-state index contributed by atoms with van der Waals surface area (Å²) in [7, 11) is -2.04. The van der Waals surface area contributed by atoms with Crippen molar-refractivity contribution >= 4 is 33.2 Å². The lowest BCUT2D eigenvalue weighted by Crippen LogP contribution is -2.38. The van der Waals surface area contributed by atoms with Gasteiger partial charge in [0, 0.05) is 37.0 Å². The van der Waals surface area contributed by atoms with Crippen LogP contribution in [0.5, 0.6) is 5.75 Å². The topological polar surface area (TPSA) is 96.0 Å². The zero-order valence-corrected chi connectivity index (χ0v) is 20.4. The zero-order chi connectivity index (χ0) is 24.3. The fraction of sp³-hybridized carbons (Fsp3) is 0.440. The van der Waals surface area contributed by atoms with Crippen molar-refractivity contribution in [3.63, 3.8) is 0 Å². The number of amides is 2. The Morgan fingerprint density at radius 1 is 1.12 bits per heavy atom. The number of methoxy groups -OCH3 is 1. The van der Waals surface area contributed by atoms with Gasteiger partial charge in [-0.15, -0.1) is 0 Å². The first kappa shape index (κ1) is 24.2. The number of nitrogens with zero attached hydrogens (tertiary/aromatic N) is 2. The second kappa shape index (κ2) is 10.1. The third-order valence-electron chi connectivity index (χ3n) is 6.52. The van der Waals surface area contributed by atoms with E-state index in [2.05, 4.69) is 12.2 Å². The van der Waals surface area contributed by atoms with Gasteiger partial charge in [0.15, 0.2) is 0 Å². The number of benzene rings is 2. The fourth-order valence-corrected chi connectivity index (χ4v) is 6.00. The number of fused-ring (bicyclic) bond motifs is 1. The summed E-state index contributed by atoms with van der Waals surface area (Å²) >= 11 is 0. The summed E-state index contributed by atoms with van der Waals surface area (Å²) in [5.41, 5.74) is 1.94. The van der Waals surface area contributed by atoms with Crippen LogP contribution in [0, 0.1) is 5.92 Å². The average Bonchev–Trinajstić information content (AvgIpc) is 2.97. The smallest absolute Gasteiger partial charge is 0.244 e. The molecule has 0 aliphatic carbocycles. The van der Waals surface area contributed by atoms with E-state index in [-0.39, 0.29) is 23.3 Å². The maximum Gasteiger partial charge on any atom is 0.244 e. The molecule has 2 amide bonds. The second-order valence-electron chi connectivity index (χ2n) is 8.99. The van der Waals surface area contributed by atoms with Gasteiger partial charge in [-0.1, -0.05) is 13.0 Å². The van der Waals surface area contributed by atoms with E-state index in [0.29, 0.717) is 55.4 Å². The molecule has 1 saturated heterocycles. The number of hydrogen-bond acceptors (Lipinski definition) is 5. The van der Waals surface area contributed by atoms with Crippen molar-refractivity contribution in [3.05, 3.63) is 48.0 Å². The van der Waals surface area contributed by atoms with Crippen molar-refractivity contribution in [2.45, 2.75) is 43.9 Å². The van der Waals surface area contributed by atoms with Crippen LogP contribution in [0.15, 0.2) is 47.4 Å². The van der Waals surface area contributed by atoms with Crippen LogP contribution in [0.3, 0.4) is 0 Å². The van der Waals surface area contributed by atoms with Crippen LogP contribution in [0.1, 0.15) is 38.2 Å². The molecule has 0 bridgehead atoms. The van der Waals surface area contributed by atoms with Gasteiger partial charge < -0.3 is 15.0 Å². The molecule has 0 saturated carbocycles. The van der Waals surface area contributed by atoms with Crippen LogP contribution in [0.4, 0.5) is 11.4 Å². The summed E-state index contributed by atoms with van der Waals surface area (Å²) in [6.45, 7) is 3.03. The summed E-state index contributed by atoms with van der Waals surface area (Å²) in [4.78, 5) is 27.3. The number of piperidine rings is 1.